The van der Waals surface area contributed by atoms with Crippen LogP contribution in [0.3, 0.4) is 0 Å². The number of hydrogen-bond acceptors (Lipinski definition) is 6. The zero-order valence-corrected chi connectivity index (χ0v) is 37.1. The number of anilines is 2. The minimum absolute atomic E-state index is 0.0145. The molecule has 8 heteroatoms. The molecule has 0 saturated carbocycles. The smallest absolute Gasteiger partial charge is 0.259 e. The van der Waals surface area contributed by atoms with Crippen LogP contribution in [0.2, 0.25) is 0 Å². The standard InChI is InChI=1S/C48H58N2O2S4/c1-5-9-13-15-19-31(17-11-7-3)29-49-37-25-35-41(55-39-21-23-53-45(35)39)27-33(37)43(47(49)51)44-34-28-42-36(46-40(56-42)22-24-54-46)26-38(34)50(48(44)52)30-32(18-12-8-4)20-16-14-10-6-2/h21-28,31-32H,5-20,29-30H2,1-4H3/b44-43+. The number of amides is 2. The number of benzene rings is 2. The fourth-order valence-electron chi connectivity index (χ4n) is 9.33. The van der Waals surface area contributed by atoms with Gasteiger partial charge in [-0.25, -0.2) is 0 Å². The molecule has 0 aliphatic carbocycles. The van der Waals surface area contributed by atoms with Crippen LogP contribution in [0.4, 0.5) is 11.4 Å². The lowest BCUT2D eigenvalue weighted by Gasteiger charge is -2.25. The molecule has 56 heavy (non-hydrogen) atoms. The Labute approximate surface area is 349 Å². The Bertz CT molecular complexity index is 2210. The van der Waals surface area contributed by atoms with Gasteiger partial charge in [-0.3, -0.25) is 9.59 Å². The highest BCUT2D eigenvalue weighted by atomic mass is 32.1. The minimum atomic E-state index is 0.0145. The van der Waals surface area contributed by atoms with Crippen LogP contribution < -0.4 is 9.80 Å². The van der Waals surface area contributed by atoms with Crippen molar-refractivity contribution in [1.82, 2.24) is 0 Å². The molecule has 0 N–H and O–H groups in total. The minimum Gasteiger partial charge on any atom is -0.307 e. The molecule has 0 radical (unpaired) electrons. The summed E-state index contributed by atoms with van der Waals surface area (Å²) in [5.74, 6) is 0.893. The molecule has 4 aromatic heterocycles. The summed E-state index contributed by atoms with van der Waals surface area (Å²) < 4.78 is 7.58. The van der Waals surface area contributed by atoms with Crippen molar-refractivity contribution in [3.63, 3.8) is 0 Å². The first-order valence-corrected chi connectivity index (χ1v) is 25.1. The van der Waals surface area contributed by atoms with E-state index in [4.69, 9.17) is 0 Å². The van der Waals surface area contributed by atoms with Gasteiger partial charge in [-0.1, -0.05) is 105 Å². The van der Waals surface area contributed by atoms with Crippen molar-refractivity contribution in [2.45, 2.75) is 130 Å². The van der Waals surface area contributed by atoms with Crippen LogP contribution in [0, 0.1) is 11.8 Å². The molecule has 6 heterocycles. The van der Waals surface area contributed by atoms with Crippen molar-refractivity contribution in [2.24, 2.45) is 11.8 Å². The molecule has 4 nitrogen and oxygen atoms in total. The Balaban J connectivity index is 1.27. The summed E-state index contributed by atoms with van der Waals surface area (Å²) in [6.45, 7) is 10.5. The molecule has 0 bridgehead atoms. The van der Waals surface area contributed by atoms with Crippen molar-refractivity contribution in [1.29, 1.82) is 0 Å². The second-order valence-corrected chi connectivity index (χ2v) is 20.5. The van der Waals surface area contributed by atoms with Gasteiger partial charge in [-0.15, -0.1) is 45.3 Å². The van der Waals surface area contributed by atoms with E-state index in [-0.39, 0.29) is 11.8 Å². The van der Waals surface area contributed by atoms with Gasteiger partial charge in [0.15, 0.2) is 0 Å². The predicted molar refractivity (Wildman–Crippen MR) is 249 cm³/mol. The predicted octanol–water partition coefficient (Wildman–Crippen LogP) is 15.7. The second kappa shape index (κ2) is 17.8. The Morgan fingerprint density at radius 2 is 0.911 bits per heavy atom. The molecule has 2 aromatic carbocycles. The van der Waals surface area contributed by atoms with E-state index in [1.54, 1.807) is 45.3 Å². The van der Waals surface area contributed by atoms with E-state index in [2.05, 4.69) is 84.7 Å². The lowest BCUT2D eigenvalue weighted by molar-refractivity contribution is -0.114. The number of hydrogen-bond donors (Lipinski definition) is 0. The van der Waals surface area contributed by atoms with Crippen molar-refractivity contribution >= 4 is 119 Å². The van der Waals surface area contributed by atoms with Crippen LogP contribution in [-0.2, 0) is 9.59 Å². The maximum absolute atomic E-state index is 15.3. The van der Waals surface area contributed by atoms with E-state index in [1.807, 2.05) is 0 Å². The Morgan fingerprint density at radius 1 is 0.500 bits per heavy atom. The third-order valence-corrected chi connectivity index (χ3v) is 16.8. The zero-order chi connectivity index (χ0) is 38.8. The van der Waals surface area contributed by atoms with Crippen molar-refractivity contribution in [2.75, 3.05) is 22.9 Å². The average Bonchev–Trinajstić information content (AvgIpc) is 4.05. The first-order chi connectivity index (χ1) is 27.4. The number of rotatable bonds is 20. The van der Waals surface area contributed by atoms with Crippen LogP contribution >= 0.6 is 45.3 Å². The van der Waals surface area contributed by atoms with Crippen LogP contribution in [-0.4, -0.2) is 24.9 Å². The molecule has 8 rings (SSSR count). The fourth-order valence-corrected chi connectivity index (χ4v) is 13.9. The van der Waals surface area contributed by atoms with Gasteiger partial charge < -0.3 is 9.80 Å². The maximum atomic E-state index is 15.3. The van der Waals surface area contributed by atoms with Crippen LogP contribution in [0.25, 0.3) is 50.1 Å². The molecule has 2 unspecified atom stereocenters. The lowest BCUT2D eigenvalue weighted by Crippen LogP contribution is -2.34. The molecule has 6 aromatic rings. The number of carbonyl (C=O) groups excluding carboxylic acids is 2. The molecule has 296 valence electrons. The second-order valence-electron chi connectivity index (χ2n) is 16.5. The highest BCUT2D eigenvalue weighted by molar-refractivity contribution is 7.32. The van der Waals surface area contributed by atoms with Crippen LogP contribution in [0.1, 0.15) is 142 Å². The first kappa shape index (κ1) is 39.8. The zero-order valence-electron chi connectivity index (χ0n) is 33.8. The highest BCUT2D eigenvalue weighted by Crippen LogP contribution is 2.52. The van der Waals surface area contributed by atoms with Gasteiger partial charge in [0.1, 0.15) is 0 Å². The van der Waals surface area contributed by atoms with E-state index in [0.717, 1.165) is 61.0 Å². The van der Waals surface area contributed by atoms with E-state index >= 15 is 9.59 Å². The van der Waals surface area contributed by atoms with E-state index in [1.165, 1.54) is 103 Å². The SMILES string of the molecule is CCCCCCC(CCCC)CN1C(=O)/C(=C2/C(=O)N(CC(CCCC)CCCCCC)c3cc4c(cc32)sc2ccsc24)c2cc3sc4ccsc4c3cc21. The van der Waals surface area contributed by atoms with Crippen LogP contribution in [0.5, 0.6) is 0 Å². The van der Waals surface area contributed by atoms with Crippen molar-refractivity contribution < 1.29 is 9.59 Å². The number of thiophene rings is 4. The number of unbranched alkanes of at least 4 members (excludes halogenated alkanes) is 8. The first-order valence-electron chi connectivity index (χ1n) is 21.7. The summed E-state index contributed by atoms with van der Waals surface area (Å²) in [6.07, 6.45) is 19.1. The van der Waals surface area contributed by atoms with Crippen LogP contribution in [0.15, 0.2) is 47.2 Å². The molecule has 2 aliphatic heterocycles. The average molecular weight is 823 g/mol. The van der Waals surface area contributed by atoms with Gasteiger partial charge in [0.25, 0.3) is 11.8 Å². The third-order valence-electron chi connectivity index (χ3n) is 12.4. The molecule has 0 fully saturated rings. The number of carbonyl (C=O) groups is 2. The van der Waals surface area contributed by atoms with Gasteiger partial charge in [0.05, 0.1) is 31.9 Å². The lowest BCUT2D eigenvalue weighted by atomic mass is 9.94. The Kier molecular flexibility index (Phi) is 12.7. The molecular weight excluding hydrogens is 765 g/mol. The molecule has 2 aliphatic rings. The van der Waals surface area contributed by atoms with Gasteiger partial charge in [0, 0.05) is 53.8 Å². The molecule has 0 saturated heterocycles. The van der Waals surface area contributed by atoms with Gasteiger partial charge in [0.2, 0.25) is 0 Å². The highest BCUT2D eigenvalue weighted by Gasteiger charge is 2.44. The fraction of sp³-hybridized carbons (Fsp3) is 0.500. The summed E-state index contributed by atoms with van der Waals surface area (Å²) in [5, 5.41) is 6.82. The maximum Gasteiger partial charge on any atom is 0.259 e. The van der Waals surface area contributed by atoms with Gasteiger partial charge in [-0.05, 0) is 84.7 Å². The van der Waals surface area contributed by atoms with E-state index in [0.29, 0.717) is 36.1 Å². The molecule has 2 amide bonds. The Hall–Kier alpha value is -3.04. The van der Waals surface area contributed by atoms with E-state index in [9.17, 15) is 0 Å². The monoisotopic (exact) mass is 822 g/mol. The summed E-state index contributed by atoms with van der Waals surface area (Å²) in [6, 6.07) is 13.6. The number of nitrogens with zero attached hydrogens (tertiary/aromatic N) is 2. The quantitative estimate of drug-likeness (QED) is 0.0568. The molecule has 2 atom stereocenters. The van der Waals surface area contributed by atoms with Gasteiger partial charge in [-0.2, -0.15) is 0 Å². The summed E-state index contributed by atoms with van der Waals surface area (Å²) in [7, 11) is 0. The topological polar surface area (TPSA) is 40.6 Å². The van der Waals surface area contributed by atoms with Crippen molar-refractivity contribution in [3.05, 3.63) is 58.3 Å². The number of fused-ring (bicyclic) bond motifs is 8. The normalized spacial score (nSPS) is 16.8. The van der Waals surface area contributed by atoms with Gasteiger partial charge >= 0.3 is 0 Å². The van der Waals surface area contributed by atoms with Crippen molar-refractivity contribution in [3.8, 4) is 0 Å². The largest absolute Gasteiger partial charge is 0.307 e. The third kappa shape index (κ3) is 7.65. The van der Waals surface area contributed by atoms with E-state index < -0.39 is 0 Å². The molecular formula is C48H58N2O2S4. The summed E-state index contributed by atoms with van der Waals surface area (Å²) >= 11 is 7.19. The summed E-state index contributed by atoms with van der Waals surface area (Å²) in [4.78, 5) is 34.9. The summed E-state index contributed by atoms with van der Waals surface area (Å²) in [5.41, 5.74) is 5.13. The molecule has 0 spiro atoms. The Morgan fingerprint density at radius 3 is 1.32 bits per heavy atom.